The number of benzene rings is 2. The van der Waals surface area contributed by atoms with Gasteiger partial charge in [0.05, 0.1) is 0 Å². The molecule has 23 heavy (non-hydrogen) atoms. The van der Waals surface area contributed by atoms with Crippen LogP contribution in [0.3, 0.4) is 0 Å². The Kier molecular flexibility index (Phi) is 4.12. The highest BCUT2D eigenvalue weighted by atomic mass is 16.2. The van der Waals surface area contributed by atoms with Crippen molar-refractivity contribution in [3.05, 3.63) is 64.7 Å². The molecule has 1 aliphatic carbocycles. The Bertz CT molecular complexity index is 715. The predicted octanol–water partition coefficient (Wildman–Crippen LogP) is 4.47. The van der Waals surface area contributed by atoms with Gasteiger partial charge in [0.25, 0.3) is 0 Å². The van der Waals surface area contributed by atoms with E-state index in [1.807, 2.05) is 26.0 Å². The van der Waals surface area contributed by atoms with Gasteiger partial charge in [0.1, 0.15) is 0 Å². The summed E-state index contributed by atoms with van der Waals surface area (Å²) in [6, 6.07) is 14.6. The topological polar surface area (TPSA) is 41.1 Å². The standard InChI is InChI=1S/C20H24N2O/c1-14-5-8-17(9-6-14)20(10-11-20)13-21-19(23)22-18-12-15(2)4-7-16(18)3/h4-9,12H,10-11,13H2,1-3H3,(H2,21,22,23). The van der Waals surface area contributed by atoms with Gasteiger partial charge in [-0.05, 0) is 56.4 Å². The second-order valence-electron chi connectivity index (χ2n) is 6.77. The number of urea groups is 1. The molecular formula is C20H24N2O. The SMILES string of the molecule is Cc1ccc(C2(CNC(=O)Nc3cc(C)ccc3C)CC2)cc1. The third-order valence-corrected chi connectivity index (χ3v) is 4.75. The molecule has 0 heterocycles. The van der Waals surface area contributed by atoms with Crippen molar-refractivity contribution in [1.29, 1.82) is 0 Å². The van der Waals surface area contributed by atoms with Crippen LogP contribution in [0.4, 0.5) is 10.5 Å². The van der Waals surface area contributed by atoms with Crippen molar-refractivity contribution in [2.24, 2.45) is 0 Å². The molecule has 1 fully saturated rings. The fraction of sp³-hybridized carbons (Fsp3) is 0.350. The highest BCUT2D eigenvalue weighted by Gasteiger charge is 2.44. The molecule has 0 saturated heterocycles. The van der Waals surface area contributed by atoms with Gasteiger partial charge in [0, 0.05) is 17.6 Å². The van der Waals surface area contributed by atoms with Crippen LogP contribution >= 0.6 is 0 Å². The zero-order valence-corrected chi connectivity index (χ0v) is 14.1. The second kappa shape index (κ2) is 6.07. The van der Waals surface area contributed by atoms with Crippen LogP contribution in [0.1, 0.15) is 35.1 Å². The summed E-state index contributed by atoms with van der Waals surface area (Å²) < 4.78 is 0. The summed E-state index contributed by atoms with van der Waals surface area (Å²) in [5, 5.41) is 6.01. The zero-order valence-electron chi connectivity index (χ0n) is 14.1. The normalized spacial score (nSPS) is 15.1. The molecule has 120 valence electrons. The van der Waals surface area contributed by atoms with E-state index in [1.165, 1.54) is 11.1 Å². The molecule has 3 heteroatoms. The van der Waals surface area contributed by atoms with Gasteiger partial charge in [-0.1, -0.05) is 42.0 Å². The van der Waals surface area contributed by atoms with Crippen LogP contribution in [-0.4, -0.2) is 12.6 Å². The Morgan fingerprint density at radius 3 is 2.30 bits per heavy atom. The van der Waals surface area contributed by atoms with Crippen LogP contribution in [0.2, 0.25) is 0 Å². The lowest BCUT2D eigenvalue weighted by Crippen LogP contribution is -2.35. The van der Waals surface area contributed by atoms with Crippen LogP contribution in [0.5, 0.6) is 0 Å². The number of nitrogens with one attached hydrogen (secondary N) is 2. The van der Waals surface area contributed by atoms with E-state index in [2.05, 4.69) is 47.9 Å². The first-order valence-corrected chi connectivity index (χ1v) is 8.18. The molecule has 2 aromatic carbocycles. The minimum absolute atomic E-state index is 0.128. The molecule has 3 nitrogen and oxygen atoms in total. The fourth-order valence-electron chi connectivity index (χ4n) is 2.91. The number of carbonyl (C=O) groups is 1. The summed E-state index contributed by atoms with van der Waals surface area (Å²) in [6.45, 7) is 6.81. The molecule has 2 aromatic rings. The van der Waals surface area contributed by atoms with E-state index in [-0.39, 0.29) is 11.4 Å². The summed E-state index contributed by atoms with van der Waals surface area (Å²) in [4.78, 5) is 12.2. The maximum absolute atomic E-state index is 12.2. The average molecular weight is 308 g/mol. The molecule has 0 aliphatic heterocycles. The number of anilines is 1. The maximum Gasteiger partial charge on any atom is 0.319 e. The third kappa shape index (κ3) is 3.55. The maximum atomic E-state index is 12.2. The third-order valence-electron chi connectivity index (χ3n) is 4.75. The van der Waals surface area contributed by atoms with Gasteiger partial charge in [0.15, 0.2) is 0 Å². The Labute approximate surface area is 138 Å². The molecule has 0 bridgehead atoms. The van der Waals surface area contributed by atoms with E-state index < -0.39 is 0 Å². The molecule has 0 aromatic heterocycles. The number of rotatable bonds is 4. The number of amides is 2. The minimum Gasteiger partial charge on any atom is -0.337 e. The van der Waals surface area contributed by atoms with E-state index in [9.17, 15) is 4.79 Å². The van der Waals surface area contributed by atoms with E-state index >= 15 is 0 Å². The molecule has 1 aliphatic rings. The van der Waals surface area contributed by atoms with Crippen LogP contribution in [0.25, 0.3) is 0 Å². The molecule has 0 unspecified atom stereocenters. The summed E-state index contributed by atoms with van der Waals surface area (Å²) >= 11 is 0. The largest absolute Gasteiger partial charge is 0.337 e. The fourth-order valence-corrected chi connectivity index (χ4v) is 2.91. The second-order valence-corrected chi connectivity index (χ2v) is 6.77. The lowest BCUT2D eigenvalue weighted by atomic mass is 9.95. The first-order chi connectivity index (χ1) is 11.0. The van der Waals surface area contributed by atoms with Crippen LogP contribution in [0.15, 0.2) is 42.5 Å². The molecule has 0 radical (unpaired) electrons. The smallest absolute Gasteiger partial charge is 0.319 e. The van der Waals surface area contributed by atoms with E-state index in [4.69, 9.17) is 0 Å². The van der Waals surface area contributed by atoms with Crippen molar-refractivity contribution in [3.8, 4) is 0 Å². The van der Waals surface area contributed by atoms with Crippen LogP contribution in [0, 0.1) is 20.8 Å². The summed E-state index contributed by atoms with van der Waals surface area (Å²) in [7, 11) is 0. The Balaban J connectivity index is 1.61. The van der Waals surface area contributed by atoms with Gasteiger partial charge < -0.3 is 10.6 Å². The van der Waals surface area contributed by atoms with Gasteiger partial charge in [-0.15, -0.1) is 0 Å². The van der Waals surface area contributed by atoms with Crippen molar-refractivity contribution in [1.82, 2.24) is 5.32 Å². The van der Waals surface area contributed by atoms with Crippen LogP contribution in [-0.2, 0) is 5.41 Å². The Morgan fingerprint density at radius 2 is 1.65 bits per heavy atom. The molecule has 2 amide bonds. The average Bonchev–Trinajstić information content (AvgIpc) is 3.31. The first-order valence-electron chi connectivity index (χ1n) is 8.18. The monoisotopic (exact) mass is 308 g/mol. The minimum atomic E-state index is -0.128. The number of aryl methyl sites for hydroxylation is 3. The number of hydrogen-bond donors (Lipinski definition) is 2. The van der Waals surface area contributed by atoms with Crippen molar-refractivity contribution in [2.45, 2.75) is 39.0 Å². The summed E-state index contributed by atoms with van der Waals surface area (Å²) in [5.74, 6) is 0. The molecular weight excluding hydrogens is 284 g/mol. The highest BCUT2D eigenvalue weighted by Crippen LogP contribution is 2.47. The van der Waals surface area contributed by atoms with Crippen LogP contribution < -0.4 is 10.6 Å². The summed E-state index contributed by atoms with van der Waals surface area (Å²) in [6.07, 6.45) is 2.28. The molecule has 3 rings (SSSR count). The molecule has 0 atom stereocenters. The molecule has 2 N–H and O–H groups in total. The van der Waals surface area contributed by atoms with Crippen molar-refractivity contribution >= 4 is 11.7 Å². The van der Waals surface area contributed by atoms with Crippen molar-refractivity contribution < 1.29 is 4.79 Å². The summed E-state index contributed by atoms with van der Waals surface area (Å²) in [5.41, 5.74) is 5.82. The zero-order chi connectivity index (χ0) is 16.4. The van der Waals surface area contributed by atoms with Gasteiger partial charge in [-0.3, -0.25) is 0 Å². The van der Waals surface area contributed by atoms with Gasteiger partial charge >= 0.3 is 6.03 Å². The number of carbonyl (C=O) groups excluding carboxylic acids is 1. The Morgan fingerprint density at radius 1 is 1.00 bits per heavy atom. The van der Waals surface area contributed by atoms with Crippen molar-refractivity contribution in [2.75, 3.05) is 11.9 Å². The highest BCUT2D eigenvalue weighted by molar-refractivity contribution is 5.90. The number of hydrogen-bond acceptors (Lipinski definition) is 1. The Hall–Kier alpha value is -2.29. The van der Waals surface area contributed by atoms with Gasteiger partial charge in [0.2, 0.25) is 0 Å². The van der Waals surface area contributed by atoms with E-state index in [0.29, 0.717) is 6.54 Å². The van der Waals surface area contributed by atoms with Gasteiger partial charge in [-0.25, -0.2) is 4.79 Å². The molecule has 1 saturated carbocycles. The molecule has 0 spiro atoms. The van der Waals surface area contributed by atoms with Crippen molar-refractivity contribution in [3.63, 3.8) is 0 Å². The lowest BCUT2D eigenvalue weighted by molar-refractivity contribution is 0.251. The van der Waals surface area contributed by atoms with E-state index in [1.54, 1.807) is 0 Å². The first kappa shape index (κ1) is 15.6. The quantitative estimate of drug-likeness (QED) is 0.860. The van der Waals surface area contributed by atoms with E-state index in [0.717, 1.165) is 29.7 Å². The lowest BCUT2D eigenvalue weighted by Gasteiger charge is -2.18. The van der Waals surface area contributed by atoms with Gasteiger partial charge in [-0.2, -0.15) is 0 Å². The predicted molar refractivity (Wildman–Crippen MR) is 95.0 cm³/mol.